The van der Waals surface area contributed by atoms with Crippen LogP contribution >= 0.6 is 0 Å². The monoisotopic (exact) mass is 921 g/mol. The summed E-state index contributed by atoms with van der Waals surface area (Å²) < 4.78 is 43.0. The van der Waals surface area contributed by atoms with Crippen LogP contribution in [0.4, 0.5) is 8.78 Å². The summed E-state index contributed by atoms with van der Waals surface area (Å²) in [5.74, 6) is 2.09. The van der Waals surface area contributed by atoms with E-state index in [4.69, 9.17) is 19.4 Å². The second-order valence-electron chi connectivity index (χ2n) is 22.1. The van der Waals surface area contributed by atoms with Crippen molar-refractivity contribution in [3.8, 4) is 0 Å². The van der Waals surface area contributed by atoms with Crippen molar-refractivity contribution >= 4 is 45.2 Å². The van der Waals surface area contributed by atoms with Gasteiger partial charge in [-0.1, -0.05) is 64.8 Å². The molecule has 0 aliphatic heterocycles. The molecule has 6 aromatic rings. The fourth-order valence-electron chi connectivity index (χ4n) is 12.9. The van der Waals surface area contributed by atoms with E-state index in [0.29, 0.717) is 47.9 Å². The highest BCUT2D eigenvalue weighted by Crippen LogP contribution is 2.48. The van der Waals surface area contributed by atoms with Crippen LogP contribution in [0.15, 0.2) is 83.9 Å². The molecular weight excluding hydrogens is 855 g/mol. The summed E-state index contributed by atoms with van der Waals surface area (Å²) >= 11 is 0. The Morgan fingerprint density at radius 2 is 1.00 bits per heavy atom. The summed E-state index contributed by atoms with van der Waals surface area (Å²) in [5, 5.41) is 0. The van der Waals surface area contributed by atoms with Crippen LogP contribution in [0, 0.1) is 34.3 Å². The van der Waals surface area contributed by atoms with Gasteiger partial charge in [-0.3, -0.25) is 0 Å². The van der Waals surface area contributed by atoms with Crippen LogP contribution in [0.5, 0.6) is 0 Å². The number of hydrogen-bond acceptors (Lipinski definition) is 6. The topological polar surface area (TPSA) is 88.2 Å². The van der Waals surface area contributed by atoms with Crippen molar-refractivity contribution in [1.29, 1.82) is 0 Å². The fraction of sp³-hybridized carbons (Fsp3) is 0.448. The van der Waals surface area contributed by atoms with E-state index in [1.54, 1.807) is 24.3 Å². The highest BCUT2D eigenvalue weighted by Gasteiger charge is 2.37. The van der Waals surface area contributed by atoms with E-state index in [0.717, 1.165) is 83.4 Å². The SMILES string of the molecule is COC(=O)c1ccc2c(c1)nc(CC1=C(C)Cc3ccc(F)cc31)n2[C@@H]1C[C@H](C)CC(C)(C)C1.COC(=O)c1ccc2c(c1)nc(CC1=C(C)Cc3ccc(F)cc31)n2[C@H]1C[C@@H](C)CC(C)(C)C1. The number of halogens is 2. The molecule has 356 valence electrons. The summed E-state index contributed by atoms with van der Waals surface area (Å²) in [6.07, 6.45) is 9.80. The average molecular weight is 921 g/mol. The number of imidazole rings is 2. The van der Waals surface area contributed by atoms with Crippen LogP contribution in [0.2, 0.25) is 0 Å². The Labute approximate surface area is 399 Å². The number of carbonyl (C=O) groups is 2. The molecule has 8 nitrogen and oxygen atoms in total. The number of aromatic nitrogens is 4. The first-order valence-electron chi connectivity index (χ1n) is 24.4. The minimum atomic E-state index is -0.357. The summed E-state index contributed by atoms with van der Waals surface area (Å²) in [7, 11) is 2.79. The lowest BCUT2D eigenvalue weighted by Crippen LogP contribution is -2.30. The molecule has 4 aromatic carbocycles. The molecule has 2 saturated carbocycles. The smallest absolute Gasteiger partial charge is 0.337 e. The quantitative estimate of drug-likeness (QED) is 0.141. The van der Waals surface area contributed by atoms with Crippen molar-refractivity contribution in [3.05, 3.63) is 141 Å². The van der Waals surface area contributed by atoms with Gasteiger partial charge in [-0.25, -0.2) is 28.3 Å². The fourth-order valence-corrected chi connectivity index (χ4v) is 12.9. The average Bonchev–Trinajstić information content (AvgIpc) is 4.00. The Kier molecular flexibility index (Phi) is 12.6. The molecule has 0 bridgehead atoms. The normalized spacial score (nSPS) is 21.7. The highest BCUT2D eigenvalue weighted by atomic mass is 19.1. The molecule has 4 atom stereocenters. The van der Waals surface area contributed by atoms with Crippen LogP contribution in [0.1, 0.15) is 161 Å². The summed E-state index contributed by atoms with van der Waals surface area (Å²) in [4.78, 5) is 34.5. The van der Waals surface area contributed by atoms with Crippen molar-refractivity contribution in [3.63, 3.8) is 0 Å². The summed E-state index contributed by atoms with van der Waals surface area (Å²) in [6, 6.07) is 22.2. The van der Waals surface area contributed by atoms with Crippen molar-refractivity contribution in [2.45, 2.75) is 132 Å². The second kappa shape index (κ2) is 18.2. The van der Waals surface area contributed by atoms with Gasteiger partial charge in [-0.05, 0) is 182 Å². The Morgan fingerprint density at radius 3 is 1.37 bits per heavy atom. The van der Waals surface area contributed by atoms with Gasteiger partial charge in [-0.2, -0.15) is 0 Å². The van der Waals surface area contributed by atoms with E-state index >= 15 is 0 Å². The Bertz CT molecular complexity index is 2840. The van der Waals surface area contributed by atoms with E-state index in [-0.39, 0.29) is 34.4 Å². The Hall–Kier alpha value is -5.90. The number of methoxy groups -OCH3 is 2. The number of benzene rings is 4. The molecule has 4 aliphatic rings. The Morgan fingerprint density at radius 1 is 0.603 bits per heavy atom. The van der Waals surface area contributed by atoms with Crippen LogP contribution in [0.25, 0.3) is 33.2 Å². The first kappa shape index (κ1) is 47.2. The molecule has 0 spiro atoms. The van der Waals surface area contributed by atoms with Crippen molar-refractivity contribution in [2.75, 3.05) is 14.2 Å². The van der Waals surface area contributed by atoms with E-state index in [1.165, 1.54) is 60.5 Å². The number of nitrogens with zero attached hydrogens (tertiary/aromatic N) is 4. The van der Waals surface area contributed by atoms with Gasteiger partial charge in [0.05, 0.1) is 47.4 Å². The van der Waals surface area contributed by atoms with Gasteiger partial charge >= 0.3 is 11.9 Å². The van der Waals surface area contributed by atoms with Gasteiger partial charge in [0, 0.05) is 24.9 Å². The minimum absolute atomic E-state index is 0.204. The lowest BCUT2D eigenvalue weighted by atomic mass is 9.70. The standard InChI is InChI=1S/2C29H33FN2O2/c2*1-17-10-22(16-29(3,4)15-17)32-26-9-7-20(28(33)34-5)12-25(26)31-27(32)14-23-18(2)11-19-6-8-21(30)13-24(19)23/h2*6-9,12-13,17,22H,10-11,14-16H2,1-5H3/t2*17-,22+/m10/s1. The Balaban J connectivity index is 0.000000170. The number of rotatable bonds is 8. The van der Waals surface area contributed by atoms with Gasteiger partial charge in [0.2, 0.25) is 0 Å². The van der Waals surface area contributed by atoms with Gasteiger partial charge in [-0.15, -0.1) is 0 Å². The molecule has 68 heavy (non-hydrogen) atoms. The maximum absolute atomic E-state index is 14.1. The molecule has 0 radical (unpaired) electrons. The third kappa shape index (κ3) is 9.32. The maximum Gasteiger partial charge on any atom is 0.337 e. The molecule has 0 unspecified atom stereocenters. The first-order valence-corrected chi connectivity index (χ1v) is 24.4. The number of allylic oxidation sites excluding steroid dienone is 4. The lowest BCUT2D eigenvalue weighted by Gasteiger charge is -2.40. The summed E-state index contributed by atoms with van der Waals surface area (Å²) in [5.41, 5.74) is 14.5. The van der Waals surface area contributed by atoms with E-state index in [2.05, 4.69) is 64.5 Å². The molecule has 0 saturated heterocycles. The summed E-state index contributed by atoms with van der Waals surface area (Å²) in [6.45, 7) is 18.4. The molecule has 2 fully saturated rings. The zero-order valence-electron chi connectivity index (χ0n) is 41.5. The zero-order valence-corrected chi connectivity index (χ0v) is 41.5. The predicted molar refractivity (Wildman–Crippen MR) is 267 cm³/mol. The molecule has 0 amide bonds. The molecule has 2 aromatic heterocycles. The minimum Gasteiger partial charge on any atom is -0.465 e. The van der Waals surface area contributed by atoms with Gasteiger partial charge < -0.3 is 18.6 Å². The largest absolute Gasteiger partial charge is 0.465 e. The second-order valence-corrected chi connectivity index (χ2v) is 22.1. The molecule has 2 heterocycles. The van der Waals surface area contributed by atoms with Gasteiger partial charge in [0.25, 0.3) is 0 Å². The maximum atomic E-state index is 14.1. The van der Waals surface area contributed by atoms with Crippen molar-refractivity contribution in [2.24, 2.45) is 22.7 Å². The van der Waals surface area contributed by atoms with E-state index < -0.39 is 0 Å². The van der Waals surface area contributed by atoms with Crippen LogP contribution < -0.4 is 0 Å². The third-order valence-corrected chi connectivity index (χ3v) is 15.2. The zero-order chi connectivity index (χ0) is 48.4. The van der Waals surface area contributed by atoms with Gasteiger partial charge in [0.15, 0.2) is 0 Å². The van der Waals surface area contributed by atoms with Crippen molar-refractivity contribution < 1.29 is 27.8 Å². The molecule has 10 rings (SSSR count). The molecule has 10 heteroatoms. The number of esters is 2. The van der Waals surface area contributed by atoms with E-state index in [9.17, 15) is 18.4 Å². The molecular formula is C58H66F2N4O4. The number of fused-ring (bicyclic) bond motifs is 4. The highest BCUT2D eigenvalue weighted by molar-refractivity contribution is 5.95. The molecule has 4 aliphatic carbocycles. The number of hydrogen-bond donors (Lipinski definition) is 0. The van der Waals surface area contributed by atoms with Crippen LogP contribution in [-0.4, -0.2) is 45.3 Å². The predicted octanol–water partition coefficient (Wildman–Crippen LogP) is 13.8. The van der Waals surface area contributed by atoms with Crippen LogP contribution in [-0.2, 0) is 35.2 Å². The molecule has 0 N–H and O–H groups in total. The van der Waals surface area contributed by atoms with Gasteiger partial charge in [0.1, 0.15) is 23.3 Å². The lowest BCUT2D eigenvalue weighted by molar-refractivity contribution is 0.0592. The van der Waals surface area contributed by atoms with Crippen molar-refractivity contribution in [1.82, 2.24) is 19.1 Å². The van der Waals surface area contributed by atoms with E-state index in [1.807, 2.05) is 48.5 Å². The number of carbonyl (C=O) groups excluding carboxylic acids is 2. The third-order valence-electron chi connectivity index (χ3n) is 15.2. The number of ether oxygens (including phenoxy) is 2. The van der Waals surface area contributed by atoms with Crippen LogP contribution in [0.3, 0.4) is 0 Å². The first-order chi connectivity index (χ1) is 32.3.